The Labute approximate surface area is 117 Å². The van der Waals surface area contributed by atoms with E-state index in [1.54, 1.807) is 11.1 Å². The number of fused-ring (bicyclic) bond motifs is 1. The molecule has 0 saturated heterocycles. The van der Waals surface area contributed by atoms with Crippen LogP contribution in [-0.4, -0.2) is 6.04 Å². The van der Waals surface area contributed by atoms with Gasteiger partial charge in [-0.15, -0.1) is 0 Å². The van der Waals surface area contributed by atoms with Crippen molar-refractivity contribution >= 4 is 0 Å². The van der Waals surface area contributed by atoms with Gasteiger partial charge >= 0.3 is 0 Å². The Balaban J connectivity index is 1.66. The van der Waals surface area contributed by atoms with E-state index in [1.165, 1.54) is 63.4 Å². The summed E-state index contributed by atoms with van der Waals surface area (Å²) < 4.78 is 0. The van der Waals surface area contributed by atoms with Crippen LogP contribution in [0.2, 0.25) is 0 Å². The standard InChI is InChI=1S/C18H27N/c1-14-9-10-15-11-12-18(17(15)13-14)19-16-7-5-3-2-4-6-8-16/h9-10,13,16,18-19H,2-8,11-12H2,1H3. The van der Waals surface area contributed by atoms with Gasteiger partial charge in [0.2, 0.25) is 0 Å². The Kier molecular flexibility index (Phi) is 4.22. The van der Waals surface area contributed by atoms with Crippen LogP contribution in [0.5, 0.6) is 0 Å². The van der Waals surface area contributed by atoms with Crippen LogP contribution >= 0.6 is 0 Å². The number of aryl methyl sites for hydroxylation is 2. The first-order valence-corrected chi connectivity index (χ1v) is 8.18. The average Bonchev–Trinajstić information content (AvgIpc) is 2.75. The first-order valence-electron chi connectivity index (χ1n) is 8.18. The molecule has 1 nitrogen and oxygen atoms in total. The second-order valence-corrected chi connectivity index (χ2v) is 6.50. The summed E-state index contributed by atoms with van der Waals surface area (Å²) in [6.45, 7) is 2.21. The summed E-state index contributed by atoms with van der Waals surface area (Å²) in [5.74, 6) is 0. The van der Waals surface area contributed by atoms with E-state index in [4.69, 9.17) is 0 Å². The van der Waals surface area contributed by atoms with Crippen molar-refractivity contribution in [1.29, 1.82) is 0 Å². The molecule has 104 valence electrons. The van der Waals surface area contributed by atoms with Crippen molar-refractivity contribution in [1.82, 2.24) is 5.32 Å². The monoisotopic (exact) mass is 257 g/mol. The Morgan fingerprint density at radius 2 is 1.68 bits per heavy atom. The maximum absolute atomic E-state index is 3.97. The van der Waals surface area contributed by atoms with Crippen LogP contribution in [0.4, 0.5) is 0 Å². The average molecular weight is 257 g/mol. The van der Waals surface area contributed by atoms with Gasteiger partial charge < -0.3 is 5.32 Å². The Bertz CT molecular complexity index is 416. The van der Waals surface area contributed by atoms with Gasteiger partial charge in [-0.1, -0.05) is 55.9 Å². The highest BCUT2D eigenvalue weighted by Gasteiger charge is 2.24. The zero-order chi connectivity index (χ0) is 13.1. The summed E-state index contributed by atoms with van der Waals surface area (Å²) >= 11 is 0. The molecule has 0 aromatic heterocycles. The lowest BCUT2D eigenvalue weighted by molar-refractivity contribution is 0.352. The molecule has 0 spiro atoms. The molecule has 1 aromatic carbocycles. The molecule has 1 atom stereocenters. The van der Waals surface area contributed by atoms with Crippen molar-refractivity contribution in [2.45, 2.75) is 76.8 Å². The summed E-state index contributed by atoms with van der Waals surface area (Å²) in [6.07, 6.45) is 12.5. The second-order valence-electron chi connectivity index (χ2n) is 6.50. The van der Waals surface area contributed by atoms with Crippen molar-refractivity contribution in [2.24, 2.45) is 0 Å². The van der Waals surface area contributed by atoms with Gasteiger partial charge in [0.1, 0.15) is 0 Å². The normalized spacial score (nSPS) is 24.8. The van der Waals surface area contributed by atoms with E-state index in [0.717, 1.165) is 6.04 Å². The molecule has 2 aliphatic carbocycles. The van der Waals surface area contributed by atoms with Crippen molar-refractivity contribution in [3.8, 4) is 0 Å². The van der Waals surface area contributed by atoms with E-state index in [9.17, 15) is 0 Å². The molecule has 1 heteroatoms. The highest BCUT2D eigenvalue weighted by Crippen LogP contribution is 2.33. The lowest BCUT2D eigenvalue weighted by Crippen LogP contribution is -2.32. The van der Waals surface area contributed by atoms with Crippen molar-refractivity contribution in [3.63, 3.8) is 0 Å². The molecule has 1 saturated carbocycles. The summed E-state index contributed by atoms with van der Waals surface area (Å²) in [6, 6.07) is 8.39. The van der Waals surface area contributed by atoms with Gasteiger partial charge in [0, 0.05) is 12.1 Å². The SMILES string of the molecule is Cc1ccc2c(c1)C(NC1CCCCCCC1)CC2. The molecule has 0 bridgehead atoms. The van der Waals surface area contributed by atoms with Crippen LogP contribution in [-0.2, 0) is 6.42 Å². The molecule has 0 amide bonds. The molecule has 1 unspecified atom stereocenters. The highest BCUT2D eigenvalue weighted by atomic mass is 15.0. The fraction of sp³-hybridized carbons (Fsp3) is 0.667. The van der Waals surface area contributed by atoms with E-state index < -0.39 is 0 Å². The van der Waals surface area contributed by atoms with E-state index in [2.05, 4.69) is 30.4 Å². The van der Waals surface area contributed by atoms with Crippen LogP contribution in [0, 0.1) is 6.92 Å². The number of hydrogen-bond acceptors (Lipinski definition) is 1. The summed E-state index contributed by atoms with van der Waals surface area (Å²) in [5, 5.41) is 3.97. The highest BCUT2D eigenvalue weighted by molar-refractivity contribution is 5.37. The molecule has 0 heterocycles. The van der Waals surface area contributed by atoms with Gasteiger partial charge in [0.15, 0.2) is 0 Å². The largest absolute Gasteiger partial charge is 0.307 e. The van der Waals surface area contributed by atoms with Gasteiger partial charge in [-0.25, -0.2) is 0 Å². The summed E-state index contributed by atoms with van der Waals surface area (Å²) in [7, 11) is 0. The molecule has 0 aliphatic heterocycles. The van der Waals surface area contributed by atoms with Crippen LogP contribution in [0.15, 0.2) is 18.2 Å². The number of nitrogens with one attached hydrogen (secondary N) is 1. The fourth-order valence-electron chi connectivity index (χ4n) is 3.80. The van der Waals surface area contributed by atoms with Crippen LogP contribution in [0.25, 0.3) is 0 Å². The number of benzene rings is 1. The molecule has 1 N–H and O–H groups in total. The number of rotatable bonds is 2. The van der Waals surface area contributed by atoms with Gasteiger partial charge in [0.25, 0.3) is 0 Å². The van der Waals surface area contributed by atoms with Crippen LogP contribution in [0.1, 0.15) is 74.1 Å². The molecule has 1 aromatic rings. The van der Waals surface area contributed by atoms with E-state index >= 15 is 0 Å². The first-order chi connectivity index (χ1) is 9.33. The molecular weight excluding hydrogens is 230 g/mol. The van der Waals surface area contributed by atoms with Crippen LogP contribution in [0.3, 0.4) is 0 Å². The van der Waals surface area contributed by atoms with E-state index in [-0.39, 0.29) is 0 Å². The van der Waals surface area contributed by atoms with Gasteiger partial charge in [-0.3, -0.25) is 0 Å². The summed E-state index contributed by atoms with van der Waals surface area (Å²) in [5.41, 5.74) is 4.57. The van der Waals surface area contributed by atoms with Gasteiger partial charge in [-0.05, 0) is 43.7 Å². The van der Waals surface area contributed by atoms with E-state index in [0.29, 0.717) is 6.04 Å². The third-order valence-corrected chi connectivity index (χ3v) is 4.92. The molecule has 1 fully saturated rings. The zero-order valence-electron chi connectivity index (χ0n) is 12.3. The van der Waals surface area contributed by atoms with Gasteiger partial charge in [0.05, 0.1) is 0 Å². The smallest absolute Gasteiger partial charge is 0.0328 e. The lowest BCUT2D eigenvalue weighted by atomic mass is 9.95. The molecule has 2 aliphatic rings. The predicted octanol–water partition coefficient (Wildman–Crippen LogP) is 4.68. The minimum absolute atomic E-state index is 0.624. The molecule has 3 rings (SSSR count). The van der Waals surface area contributed by atoms with Crippen molar-refractivity contribution < 1.29 is 0 Å². The zero-order valence-corrected chi connectivity index (χ0v) is 12.3. The Morgan fingerprint density at radius 1 is 0.947 bits per heavy atom. The first kappa shape index (κ1) is 13.2. The minimum Gasteiger partial charge on any atom is -0.307 e. The minimum atomic E-state index is 0.624. The third kappa shape index (κ3) is 3.20. The van der Waals surface area contributed by atoms with Crippen molar-refractivity contribution in [3.05, 3.63) is 34.9 Å². The fourth-order valence-corrected chi connectivity index (χ4v) is 3.80. The third-order valence-electron chi connectivity index (χ3n) is 4.92. The maximum Gasteiger partial charge on any atom is 0.0328 e. The second kappa shape index (κ2) is 6.09. The number of hydrogen-bond donors (Lipinski definition) is 1. The topological polar surface area (TPSA) is 12.0 Å². The molecule has 0 radical (unpaired) electrons. The quantitative estimate of drug-likeness (QED) is 0.811. The maximum atomic E-state index is 3.97. The Morgan fingerprint density at radius 3 is 2.47 bits per heavy atom. The lowest BCUT2D eigenvalue weighted by Gasteiger charge is -2.25. The molecular formula is C18H27N. The molecule has 19 heavy (non-hydrogen) atoms. The predicted molar refractivity (Wildman–Crippen MR) is 81.5 cm³/mol. The van der Waals surface area contributed by atoms with E-state index in [1.807, 2.05) is 0 Å². The van der Waals surface area contributed by atoms with Crippen LogP contribution < -0.4 is 5.32 Å². The van der Waals surface area contributed by atoms with Gasteiger partial charge in [-0.2, -0.15) is 0 Å². The van der Waals surface area contributed by atoms with Crippen molar-refractivity contribution in [2.75, 3.05) is 0 Å². The summed E-state index contributed by atoms with van der Waals surface area (Å²) in [4.78, 5) is 0. The Hall–Kier alpha value is -0.820.